The highest BCUT2D eigenvalue weighted by atomic mass is 16.3. The maximum Gasteiger partial charge on any atom is 0.255 e. The molecule has 2 heterocycles. The van der Waals surface area contributed by atoms with Gasteiger partial charge in [-0.15, -0.1) is 0 Å². The highest BCUT2D eigenvalue weighted by Crippen LogP contribution is 2.28. The Bertz CT molecular complexity index is 531. The molecule has 2 fully saturated rings. The zero-order valence-corrected chi connectivity index (χ0v) is 14.4. The summed E-state index contributed by atoms with van der Waals surface area (Å²) in [5.74, 6) is 0.527. The van der Waals surface area contributed by atoms with Gasteiger partial charge >= 0.3 is 0 Å². The standard InChI is InChI=1S/C19H29N3O2/c23-18-19(24,15-20-13-17-9-4-5-11-21-17)10-6-12-22(18)14-16-7-2-1-3-8-16/h4-5,9,11,16,20,24H,1-3,6-8,10,12-15H2. The van der Waals surface area contributed by atoms with Crippen molar-refractivity contribution in [1.82, 2.24) is 15.2 Å². The Morgan fingerprint density at radius 2 is 2.08 bits per heavy atom. The molecule has 1 aromatic rings. The molecular formula is C19H29N3O2. The molecule has 0 bridgehead atoms. The number of nitrogens with one attached hydrogen (secondary N) is 1. The van der Waals surface area contributed by atoms with Crippen LogP contribution in [0.1, 0.15) is 50.6 Å². The summed E-state index contributed by atoms with van der Waals surface area (Å²) in [6, 6.07) is 5.76. The lowest BCUT2D eigenvalue weighted by Gasteiger charge is -2.40. The van der Waals surface area contributed by atoms with Crippen LogP contribution in [-0.4, -0.2) is 46.1 Å². The monoisotopic (exact) mass is 331 g/mol. The number of pyridine rings is 1. The number of rotatable bonds is 6. The minimum atomic E-state index is -1.26. The van der Waals surface area contributed by atoms with Gasteiger partial charge < -0.3 is 15.3 Å². The molecule has 132 valence electrons. The number of likely N-dealkylation sites (tertiary alicyclic amines) is 1. The maximum atomic E-state index is 12.8. The van der Waals surface area contributed by atoms with Crippen LogP contribution in [0.5, 0.6) is 0 Å². The Hall–Kier alpha value is -1.46. The predicted molar refractivity (Wildman–Crippen MR) is 93.3 cm³/mol. The van der Waals surface area contributed by atoms with Gasteiger partial charge in [0.25, 0.3) is 5.91 Å². The fraction of sp³-hybridized carbons (Fsp3) is 0.684. The van der Waals surface area contributed by atoms with Crippen molar-refractivity contribution in [2.24, 2.45) is 5.92 Å². The predicted octanol–water partition coefficient (Wildman–Crippen LogP) is 2.10. The number of hydrogen-bond acceptors (Lipinski definition) is 4. The van der Waals surface area contributed by atoms with Crippen LogP contribution in [0.15, 0.2) is 24.4 Å². The van der Waals surface area contributed by atoms with Crippen molar-refractivity contribution in [1.29, 1.82) is 0 Å². The highest BCUT2D eigenvalue weighted by Gasteiger charge is 2.42. The molecule has 5 nitrogen and oxygen atoms in total. The molecule has 1 saturated carbocycles. The summed E-state index contributed by atoms with van der Waals surface area (Å²) < 4.78 is 0. The number of aromatic nitrogens is 1. The van der Waals surface area contributed by atoms with Gasteiger partial charge in [0.15, 0.2) is 5.60 Å². The lowest BCUT2D eigenvalue weighted by Crippen LogP contribution is -2.58. The molecule has 2 N–H and O–H groups in total. The van der Waals surface area contributed by atoms with Crippen LogP contribution in [0.4, 0.5) is 0 Å². The first-order valence-corrected chi connectivity index (χ1v) is 9.30. The molecule has 1 unspecified atom stereocenters. The Kier molecular flexibility index (Phi) is 5.85. The van der Waals surface area contributed by atoms with Crippen LogP contribution in [0, 0.1) is 5.92 Å². The van der Waals surface area contributed by atoms with Crippen molar-refractivity contribution in [2.45, 2.75) is 57.1 Å². The second-order valence-corrected chi connectivity index (χ2v) is 7.31. The van der Waals surface area contributed by atoms with Crippen molar-refractivity contribution in [3.05, 3.63) is 30.1 Å². The lowest BCUT2D eigenvalue weighted by atomic mass is 9.86. The van der Waals surface area contributed by atoms with E-state index in [9.17, 15) is 9.90 Å². The van der Waals surface area contributed by atoms with Crippen molar-refractivity contribution < 1.29 is 9.90 Å². The molecule has 1 aliphatic heterocycles. The first-order valence-electron chi connectivity index (χ1n) is 9.30. The van der Waals surface area contributed by atoms with E-state index >= 15 is 0 Å². The number of carbonyl (C=O) groups is 1. The number of hydrogen-bond donors (Lipinski definition) is 2. The van der Waals surface area contributed by atoms with Gasteiger partial charge in [-0.2, -0.15) is 0 Å². The maximum absolute atomic E-state index is 12.8. The molecule has 1 aliphatic carbocycles. The van der Waals surface area contributed by atoms with Crippen LogP contribution in [-0.2, 0) is 11.3 Å². The number of aliphatic hydroxyl groups is 1. The van der Waals surface area contributed by atoms with Gasteiger partial charge in [-0.3, -0.25) is 9.78 Å². The average Bonchev–Trinajstić information content (AvgIpc) is 2.61. The molecule has 1 atom stereocenters. The minimum Gasteiger partial charge on any atom is -0.379 e. The molecule has 24 heavy (non-hydrogen) atoms. The Balaban J connectivity index is 1.52. The highest BCUT2D eigenvalue weighted by molar-refractivity contribution is 5.86. The van der Waals surface area contributed by atoms with E-state index < -0.39 is 5.60 Å². The average molecular weight is 331 g/mol. The van der Waals surface area contributed by atoms with E-state index in [2.05, 4.69) is 10.3 Å². The first kappa shape index (κ1) is 17.4. The number of carbonyl (C=O) groups excluding carboxylic acids is 1. The zero-order chi connectivity index (χ0) is 16.8. The van der Waals surface area contributed by atoms with Crippen LogP contribution >= 0.6 is 0 Å². The Labute approximate surface area is 144 Å². The van der Waals surface area contributed by atoms with Crippen molar-refractivity contribution in [3.8, 4) is 0 Å². The van der Waals surface area contributed by atoms with Gasteiger partial charge in [-0.1, -0.05) is 25.3 Å². The zero-order valence-electron chi connectivity index (χ0n) is 14.4. The Morgan fingerprint density at radius 3 is 2.83 bits per heavy atom. The number of nitrogens with zero attached hydrogens (tertiary/aromatic N) is 2. The van der Waals surface area contributed by atoms with Crippen molar-refractivity contribution in [2.75, 3.05) is 19.6 Å². The summed E-state index contributed by atoms with van der Waals surface area (Å²) in [4.78, 5) is 18.9. The van der Waals surface area contributed by atoms with Crippen LogP contribution in [0.3, 0.4) is 0 Å². The van der Waals surface area contributed by atoms with E-state index in [1.54, 1.807) is 6.20 Å². The van der Waals surface area contributed by atoms with Gasteiger partial charge in [-0.25, -0.2) is 0 Å². The molecule has 2 aliphatic rings. The van der Waals surface area contributed by atoms with Crippen LogP contribution < -0.4 is 5.32 Å². The van der Waals surface area contributed by atoms with Gasteiger partial charge in [0.2, 0.25) is 0 Å². The summed E-state index contributed by atoms with van der Waals surface area (Å²) in [7, 11) is 0. The van der Waals surface area contributed by atoms with Crippen molar-refractivity contribution in [3.63, 3.8) is 0 Å². The third kappa shape index (κ3) is 4.33. The molecule has 0 radical (unpaired) electrons. The van der Waals surface area contributed by atoms with Gasteiger partial charge in [0, 0.05) is 32.4 Å². The third-order valence-corrected chi connectivity index (χ3v) is 5.36. The summed E-state index contributed by atoms with van der Waals surface area (Å²) in [5, 5.41) is 14.1. The lowest BCUT2D eigenvalue weighted by molar-refractivity contribution is -0.157. The number of piperidine rings is 1. The fourth-order valence-electron chi connectivity index (χ4n) is 3.98. The van der Waals surface area contributed by atoms with E-state index in [4.69, 9.17) is 0 Å². The minimum absolute atomic E-state index is 0.0900. The van der Waals surface area contributed by atoms with E-state index in [1.165, 1.54) is 32.1 Å². The van der Waals surface area contributed by atoms with E-state index in [-0.39, 0.29) is 5.91 Å². The molecule has 5 heteroatoms. The molecule has 1 aromatic heterocycles. The number of amides is 1. The largest absolute Gasteiger partial charge is 0.379 e. The van der Waals surface area contributed by atoms with Gasteiger partial charge in [0.05, 0.1) is 5.69 Å². The summed E-state index contributed by atoms with van der Waals surface area (Å²) in [6.45, 7) is 2.47. The fourth-order valence-corrected chi connectivity index (χ4v) is 3.98. The summed E-state index contributed by atoms with van der Waals surface area (Å²) in [5.41, 5.74) is -0.342. The van der Waals surface area contributed by atoms with Crippen LogP contribution in [0.2, 0.25) is 0 Å². The molecule has 3 rings (SSSR count). The summed E-state index contributed by atoms with van der Waals surface area (Å²) in [6.07, 6.45) is 9.50. The molecule has 1 saturated heterocycles. The van der Waals surface area contributed by atoms with E-state index in [1.807, 2.05) is 23.1 Å². The summed E-state index contributed by atoms with van der Waals surface area (Å²) >= 11 is 0. The first-order chi connectivity index (χ1) is 11.7. The quantitative estimate of drug-likeness (QED) is 0.838. The molecule has 0 spiro atoms. The molecule has 0 aromatic carbocycles. The van der Waals surface area contributed by atoms with E-state index in [0.717, 1.165) is 25.2 Å². The van der Waals surface area contributed by atoms with Crippen LogP contribution in [0.25, 0.3) is 0 Å². The smallest absolute Gasteiger partial charge is 0.255 e. The third-order valence-electron chi connectivity index (χ3n) is 5.36. The normalized spacial score (nSPS) is 25.9. The van der Waals surface area contributed by atoms with E-state index in [0.29, 0.717) is 25.4 Å². The topological polar surface area (TPSA) is 65.5 Å². The van der Waals surface area contributed by atoms with Crippen molar-refractivity contribution >= 4 is 5.91 Å². The van der Waals surface area contributed by atoms with Gasteiger partial charge in [0.1, 0.15) is 0 Å². The SMILES string of the molecule is O=C1N(CC2CCCCC2)CCCC1(O)CNCc1ccccn1. The second-order valence-electron chi connectivity index (χ2n) is 7.31. The van der Waals surface area contributed by atoms with Gasteiger partial charge in [-0.05, 0) is 43.7 Å². The Morgan fingerprint density at radius 1 is 1.25 bits per heavy atom. The second kappa shape index (κ2) is 8.08. The molecular weight excluding hydrogens is 302 g/mol. The molecule has 1 amide bonds.